The Balaban J connectivity index is 1.68. The first kappa shape index (κ1) is 11.1. The highest BCUT2D eigenvalue weighted by atomic mass is 32.1. The molecule has 2 aromatic heterocycles. The largest absolute Gasteiger partial charge is 0.337 e. The molecule has 0 fully saturated rings. The van der Waals surface area contributed by atoms with Gasteiger partial charge in [0.15, 0.2) is 5.13 Å². The summed E-state index contributed by atoms with van der Waals surface area (Å²) >= 11 is 3.10. The van der Waals surface area contributed by atoms with Crippen molar-refractivity contribution >= 4 is 33.8 Å². The third-order valence-electron chi connectivity index (χ3n) is 1.89. The second-order valence-corrected chi connectivity index (χ2v) is 4.97. The third-order valence-corrected chi connectivity index (χ3v) is 3.51. The number of carbonyl (C=O) groups is 1. The fraction of sp³-hybridized carbons (Fsp3) is 0.200. The zero-order chi connectivity index (χ0) is 11.2. The third kappa shape index (κ3) is 3.32. The van der Waals surface area contributed by atoms with Crippen molar-refractivity contribution in [1.82, 2.24) is 10.3 Å². The molecular weight excluding hydrogens is 242 g/mol. The van der Waals surface area contributed by atoms with Gasteiger partial charge in [-0.05, 0) is 17.9 Å². The maximum Gasteiger partial charge on any atom is 0.321 e. The van der Waals surface area contributed by atoms with Crippen molar-refractivity contribution in [2.45, 2.75) is 6.42 Å². The number of hydrogen-bond acceptors (Lipinski definition) is 4. The van der Waals surface area contributed by atoms with E-state index in [-0.39, 0.29) is 6.03 Å². The standard InChI is InChI=1S/C10H11N3OS2/c14-9(13-10-12-5-7-16-10)11-4-3-8-2-1-6-15-8/h1-2,5-7H,3-4H2,(H2,11,12,13,14). The van der Waals surface area contributed by atoms with Gasteiger partial charge in [-0.1, -0.05) is 6.07 Å². The van der Waals surface area contributed by atoms with Crippen molar-refractivity contribution in [2.24, 2.45) is 0 Å². The van der Waals surface area contributed by atoms with E-state index in [0.717, 1.165) is 6.42 Å². The van der Waals surface area contributed by atoms with Crippen LogP contribution in [0.25, 0.3) is 0 Å². The number of nitrogens with one attached hydrogen (secondary N) is 2. The molecule has 2 aromatic rings. The summed E-state index contributed by atoms with van der Waals surface area (Å²) in [6, 6.07) is 3.87. The highest BCUT2D eigenvalue weighted by molar-refractivity contribution is 7.13. The summed E-state index contributed by atoms with van der Waals surface area (Å²) in [6.45, 7) is 0.637. The summed E-state index contributed by atoms with van der Waals surface area (Å²) in [4.78, 5) is 16.6. The molecule has 4 nitrogen and oxygen atoms in total. The number of thiazole rings is 1. The van der Waals surface area contributed by atoms with Gasteiger partial charge in [-0.2, -0.15) is 0 Å². The molecule has 84 valence electrons. The van der Waals surface area contributed by atoms with Crippen molar-refractivity contribution in [2.75, 3.05) is 11.9 Å². The summed E-state index contributed by atoms with van der Waals surface area (Å²) in [6.07, 6.45) is 2.52. The van der Waals surface area contributed by atoms with Crippen molar-refractivity contribution in [3.63, 3.8) is 0 Å². The molecule has 0 saturated heterocycles. The molecular formula is C10H11N3OS2. The topological polar surface area (TPSA) is 54.0 Å². The number of carbonyl (C=O) groups excluding carboxylic acids is 1. The molecule has 16 heavy (non-hydrogen) atoms. The van der Waals surface area contributed by atoms with Crippen LogP contribution in [0.1, 0.15) is 4.88 Å². The number of aromatic nitrogens is 1. The van der Waals surface area contributed by atoms with Gasteiger partial charge in [-0.15, -0.1) is 22.7 Å². The molecule has 6 heteroatoms. The van der Waals surface area contributed by atoms with E-state index < -0.39 is 0 Å². The number of hydrogen-bond donors (Lipinski definition) is 2. The van der Waals surface area contributed by atoms with Gasteiger partial charge in [-0.25, -0.2) is 9.78 Å². The molecule has 0 aliphatic carbocycles. The molecule has 0 atom stereocenters. The minimum absolute atomic E-state index is 0.202. The fourth-order valence-corrected chi connectivity index (χ4v) is 2.41. The van der Waals surface area contributed by atoms with Crippen molar-refractivity contribution < 1.29 is 4.79 Å². The zero-order valence-corrected chi connectivity index (χ0v) is 10.1. The van der Waals surface area contributed by atoms with Gasteiger partial charge < -0.3 is 5.32 Å². The van der Waals surface area contributed by atoms with E-state index in [0.29, 0.717) is 11.7 Å². The quantitative estimate of drug-likeness (QED) is 0.880. The van der Waals surface area contributed by atoms with Gasteiger partial charge in [0.25, 0.3) is 0 Å². The van der Waals surface area contributed by atoms with Crippen LogP contribution in [0.3, 0.4) is 0 Å². The van der Waals surface area contributed by atoms with Crippen molar-refractivity contribution in [1.29, 1.82) is 0 Å². The van der Waals surface area contributed by atoms with Crippen LogP contribution in [0.2, 0.25) is 0 Å². The van der Waals surface area contributed by atoms with E-state index in [2.05, 4.69) is 21.7 Å². The van der Waals surface area contributed by atoms with Crippen LogP contribution in [0.5, 0.6) is 0 Å². The van der Waals surface area contributed by atoms with Crippen molar-refractivity contribution in [3.05, 3.63) is 34.0 Å². The SMILES string of the molecule is O=C(NCCc1cccs1)Nc1nccs1. The molecule has 2 rings (SSSR count). The molecule has 0 saturated carbocycles. The number of nitrogens with zero attached hydrogens (tertiary/aromatic N) is 1. The van der Waals surface area contributed by atoms with Gasteiger partial charge in [0.1, 0.15) is 0 Å². The van der Waals surface area contributed by atoms with Crippen molar-refractivity contribution in [3.8, 4) is 0 Å². The van der Waals surface area contributed by atoms with Gasteiger partial charge in [0.05, 0.1) is 0 Å². The Bertz CT molecular complexity index is 425. The average molecular weight is 253 g/mol. The van der Waals surface area contributed by atoms with Gasteiger partial charge in [0, 0.05) is 23.0 Å². The molecule has 0 bridgehead atoms. The lowest BCUT2D eigenvalue weighted by atomic mass is 10.3. The number of thiophene rings is 1. The lowest BCUT2D eigenvalue weighted by Crippen LogP contribution is -2.30. The van der Waals surface area contributed by atoms with E-state index in [9.17, 15) is 4.79 Å². The molecule has 0 unspecified atom stereocenters. The van der Waals surface area contributed by atoms with Crippen LogP contribution in [0, 0.1) is 0 Å². The average Bonchev–Trinajstić information content (AvgIpc) is 2.90. The Morgan fingerprint density at radius 2 is 2.31 bits per heavy atom. The van der Waals surface area contributed by atoms with Crippen LogP contribution >= 0.6 is 22.7 Å². The Kier molecular flexibility index (Phi) is 3.90. The maximum atomic E-state index is 11.4. The second kappa shape index (κ2) is 5.62. The van der Waals surface area contributed by atoms with Crippen LogP contribution in [-0.4, -0.2) is 17.6 Å². The van der Waals surface area contributed by atoms with Crippen LogP contribution < -0.4 is 10.6 Å². The van der Waals surface area contributed by atoms with Crippen LogP contribution in [0.15, 0.2) is 29.1 Å². The monoisotopic (exact) mass is 253 g/mol. The first-order valence-corrected chi connectivity index (χ1v) is 6.57. The summed E-state index contributed by atoms with van der Waals surface area (Å²) in [5, 5.41) is 9.92. The fourth-order valence-electron chi connectivity index (χ4n) is 1.18. The van der Waals surface area contributed by atoms with E-state index in [4.69, 9.17) is 0 Å². The van der Waals surface area contributed by atoms with E-state index in [1.54, 1.807) is 17.5 Å². The predicted molar refractivity (Wildman–Crippen MR) is 67.2 cm³/mol. The maximum absolute atomic E-state index is 11.4. The summed E-state index contributed by atoms with van der Waals surface area (Å²) in [5.41, 5.74) is 0. The number of anilines is 1. The number of urea groups is 1. The second-order valence-electron chi connectivity index (χ2n) is 3.05. The molecule has 0 spiro atoms. The zero-order valence-electron chi connectivity index (χ0n) is 8.47. The van der Waals surface area contributed by atoms with Crippen LogP contribution in [-0.2, 0) is 6.42 Å². The molecule has 0 radical (unpaired) electrons. The summed E-state index contributed by atoms with van der Waals surface area (Å²) < 4.78 is 0. The highest BCUT2D eigenvalue weighted by Crippen LogP contribution is 2.10. The minimum Gasteiger partial charge on any atom is -0.337 e. The predicted octanol–water partition coefficient (Wildman–Crippen LogP) is 2.57. The smallest absolute Gasteiger partial charge is 0.321 e. The van der Waals surface area contributed by atoms with Gasteiger partial charge in [-0.3, -0.25) is 5.32 Å². The molecule has 2 heterocycles. The van der Waals surface area contributed by atoms with E-state index in [1.165, 1.54) is 16.2 Å². The Hall–Kier alpha value is -1.40. The highest BCUT2D eigenvalue weighted by Gasteiger charge is 2.02. The lowest BCUT2D eigenvalue weighted by Gasteiger charge is -2.03. The first-order chi connectivity index (χ1) is 7.84. The van der Waals surface area contributed by atoms with Gasteiger partial charge in [0.2, 0.25) is 0 Å². The number of amides is 2. The first-order valence-electron chi connectivity index (χ1n) is 4.81. The molecule has 2 N–H and O–H groups in total. The molecule has 0 aliphatic rings. The molecule has 2 amide bonds. The lowest BCUT2D eigenvalue weighted by molar-refractivity contribution is 0.252. The minimum atomic E-state index is -0.202. The summed E-state index contributed by atoms with van der Waals surface area (Å²) in [7, 11) is 0. The van der Waals surface area contributed by atoms with E-state index >= 15 is 0 Å². The molecule has 0 aliphatic heterocycles. The Labute approximate surface area is 101 Å². The van der Waals surface area contributed by atoms with Gasteiger partial charge >= 0.3 is 6.03 Å². The Morgan fingerprint density at radius 1 is 1.38 bits per heavy atom. The Morgan fingerprint density at radius 3 is 3.00 bits per heavy atom. The normalized spacial score (nSPS) is 10.0. The van der Waals surface area contributed by atoms with E-state index in [1.807, 2.05) is 16.8 Å². The van der Waals surface area contributed by atoms with Crippen LogP contribution in [0.4, 0.5) is 9.93 Å². The molecule has 0 aromatic carbocycles. The summed E-state index contributed by atoms with van der Waals surface area (Å²) in [5.74, 6) is 0. The number of rotatable bonds is 4.